The number of hydrogen-bond acceptors (Lipinski definition) is 4. The summed E-state index contributed by atoms with van der Waals surface area (Å²) in [5.74, 6) is 3.36. The number of aromatic nitrogens is 1. The summed E-state index contributed by atoms with van der Waals surface area (Å²) in [7, 11) is 2.96. The Morgan fingerprint density at radius 1 is 1.16 bits per heavy atom. The summed E-state index contributed by atoms with van der Waals surface area (Å²) in [5, 5.41) is 1.07. The van der Waals surface area contributed by atoms with Crippen LogP contribution in [0.3, 0.4) is 0 Å². The Morgan fingerprint density at radius 2 is 1.94 bits per heavy atom. The van der Waals surface area contributed by atoms with Gasteiger partial charge in [-0.3, -0.25) is 4.79 Å². The minimum atomic E-state index is -0.390. The molecule has 0 amide bonds. The first-order valence-electron chi connectivity index (χ1n) is 10.9. The Balaban J connectivity index is 2.07. The second kappa shape index (κ2) is 9.32. The third-order valence-corrected chi connectivity index (χ3v) is 6.43. The summed E-state index contributed by atoms with van der Waals surface area (Å²) in [6, 6.07) is 11.2. The first kappa shape index (κ1) is 21.7. The number of hydrogen-bond donors (Lipinski definition) is 0. The highest BCUT2D eigenvalue weighted by molar-refractivity contribution is 6.00. The molecule has 0 radical (unpaired) electrons. The molecule has 1 aliphatic carbocycles. The van der Waals surface area contributed by atoms with Crippen molar-refractivity contribution in [2.45, 2.75) is 44.6 Å². The zero-order valence-corrected chi connectivity index (χ0v) is 18.5. The van der Waals surface area contributed by atoms with Crippen molar-refractivity contribution in [2.75, 3.05) is 14.2 Å². The van der Waals surface area contributed by atoms with E-state index in [4.69, 9.17) is 15.9 Å². The number of methoxy groups -OCH3 is 2. The molecule has 0 atom stereocenters. The van der Waals surface area contributed by atoms with Crippen LogP contribution in [0, 0.1) is 12.3 Å². The lowest BCUT2D eigenvalue weighted by Gasteiger charge is -2.24. The zero-order valence-electron chi connectivity index (χ0n) is 18.5. The average Bonchev–Trinajstić information content (AvgIpc) is 3.17. The van der Waals surface area contributed by atoms with Crippen molar-refractivity contribution in [3.63, 3.8) is 0 Å². The molecule has 164 valence electrons. The van der Waals surface area contributed by atoms with E-state index in [-0.39, 0.29) is 5.97 Å². The van der Waals surface area contributed by atoms with Gasteiger partial charge in [0, 0.05) is 16.5 Å². The van der Waals surface area contributed by atoms with Gasteiger partial charge in [0.15, 0.2) is 6.29 Å². The Kier molecular flexibility index (Phi) is 6.32. The molecule has 0 N–H and O–H groups in total. The molecule has 4 rings (SSSR count). The summed E-state index contributed by atoms with van der Waals surface area (Å²) < 4.78 is 12.3. The number of rotatable bonds is 6. The van der Waals surface area contributed by atoms with Crippen LogP contribution in [-0.2, 0) is 11.3 Å². The quantitative estimate of drug-likeness (QED) is 0.291. The summed E-state index contributed by atoms with van der Waals surface area (Å²) in [4.78, 5) is 24.3. The van der Waals surface area contributed by atoms with Gasteiger partial charge >= 0.3 is 5.97 Å². The fourth-order valence-corrected chi connectivity index (χ4v) is 4.95. The van der Waals surface area contributed by atoms with E-state index in [9.17, 15) is 9.59 Å². The maximum absolute atomic E-state index is 12.2. The largest absolute Gasteiger partial charge is 0.497 e. The number of terminal acetylenes is 1. The van der Waals surface area contributed by atoms with Crippen molar-refractivity contribution in [3.05, 3.63) is 53.1 Å². The summed E-state index contributed by atoms with van der Waals surface area (Å²) in [6.45, 7) is 0.327. The second-order valence-electron chi connectivity index (χ2n) is 8.18. The number of carbonyl (C=O) groups is 2. The molecular formula is C27H27NO4. The molecule has 1 aliphatic rings. The lowest BCUT2D eigenvalue weighted by atomic mass is 9.81. The third-order valence-electron chi connectivity index (χ3n) is 6.43. The van der Waals surface area contributed by atoms with Gasteiger partial charge in [-0.15, -0.1) is 6.42 Å². The Bertz CT molecular complexity index is 1210. The van der Waals surface area contributed by atoms with Crippen LogP contribution in [0.15, 0.2) is 36.4 Å². The minimum Gasteiger partial charge on any atom is -0.497 e. The lowest BCUT2D eigenvalue weighted by Crippen LogP contribution is -2.08. The normalized spacial score (nSPS) is 14.2. The Morgan fingerprint density at radius 3 is 2.59 bits per heavy atom. The highest BCUT2D eigenvalue weighted by atomic mass is 16.5. The number of fused-ring (bicyclic) bond motifs is 1. The van der Waals surface area contributed by atoms with E-state index in [1.807, 2.05) is 24.3 Å². The molecule has 1 aromatic heterocycles. The maximum Gasteiger partial charge on any atom is 0.337 e. The fourth-order valence-electron chi connectivity index (χ4n) is 4.95. The smallest absolute Gasteiger partial charge is 0.337 e. The molecule has 32 heavy (non-hydrogen) atoms. The number of ether oxygens (including phenoxy) is 2. The van der Waals surface area contributed by atoms with Gasteiger partial charge in [-0.1, -0.05) is 31.2 Å². The van der Waals surface area contributed by atoms with Gasteiger partial charge in [-0.25, -0.2) is 4.79 Å². The summed E-state index contributed by atoms with van der Waals surface area (Å²) >= 11 is 0. The van der Waals surface area contributed by atoms with E-state index in [0.29, 0.717) is 29.3 Å². The lowest BCUT2D eigenvalue weighted by molar-refractivity contribution is 0.0600. The predicted molar refractivity (Wildman–Crippen MR) is 125 cm³/mol. The monoisotopic (exact) mass is 429 g/mol. The Hall–Kier alpha value is -3.52. The van der Waals surface area contributed by atoms with E-state index in [0.717, 1.165) is 41.3 Å². The standard InChI is InChI=1S/C27H27NO4/c1-4-14-28-24-16-19(27(30)32-3)10-12-23(24)25(18-8-6-5-7-9-18)26(28)22-13-11-21(31-2)15-20(22)17-29/h1,10-13,15-18H,5-9,14H2,2-3H3. The SMILES string of the molecule is C#CCn1c(-c2ccc(OC)cc2C=O)c(C2CCCCC2)c2ccc(C(=O)OC)cc21. The van der Waals surface area contributed by atoms with Gasteiger partial charge in [-0.2, -0.15) is 0 Å². The van der Waals surface area contributed by atoms with E-state index >= 15 is 0 Å². The highest BCUT2D eigenvalue weighted by Crippen LogP contribution is 2.45. The molecule has 1 fully saturated rings. The molecular weight excluding hydrogens is 402 g/mol. The fraction of sp³-hybridized carbons (Fsp3) is 0.333. The van der Waals surface area contributed by atoms with Gasteiger partial charge in [-0.05, 0) is 54.7 Å². The number of aldehydes is 1. The van der Waals surface area contributed by atoms with Crippen LogP contribution in [0.5, 0.6) is 5.75 Å². The molecule has 0 bridgehead atoms. The van der Waals surface area contributed by atoms with Crippen molar-refractivity contribution in [1.29, 1.82) is 0 Å². The third kappa shape index (κ3) is 3.78. The van der Waals surface area contributed by atoms with E-state index < -0.39 is 0 Å². The number of nitrogens with zero attached hydrogens (tertiary/aromatic N) is 1. The summed E-state index contributed by atoms with van der Waals surface area (Å²) in [6.07, 6.45) is 12.4. The van der Waals surface area contributed by atoms with Crippen LogP contribution in [0.2, 0.25) is 0 Å². The van der Waals surface area contributed by atoms with Gasteiger partial charge < -0.3 is 14.0 Å². The number of carbonyl (C=O) groups excluding carboxylic acids is 2. The highest BCUT2D eigenvalue weighted by Gasteiger charge is 2.28. The molecule has 0 unspecified atom stereocenters. The Labute approximate surface area is 188 Å². The van der Waals surface area contributed by atoms with Crippen LogP contribution in [0.25, 0.3) is 22.2 Å². The van der Waals surface area contributed by atoms with Gasteiger partial charge in [0.2, 0.25) is 0 Å². The molecule has 0 aliphatic heterocycles. The van der Waals surface area contributed by atoms with Crippen LogP contribution < -0.4 is 4.74 Å². The average molecular weight is 430 g/mol. The molecule has 2 aromatic carbocycles. The van der Waals surface area contributed by atoms with Crippen molar-refractivity contribution in [3.8, 4) is 29.4 Å². The van der Waals surface area contributed by atoms with Gasteiger partial charge in [0.05, 0.1) is 37.5 Å². The van der Waals surface area contributed by atoms with E-state index in [1.165, 1.54) is 31.9 Å². The molecule has 0 spiro atoms. The van der Waals surface area contributed by atoms with Crippen molar-refractivity contribution in [2.24, 2.45) is 0 Å². The van der Waals surface area contributed by atoms with Gasteiger partial charge in [0.25, 0.3) is 0 Å². The topological polar surface area (TPSA) is 57.5 Å². The van der Waals surface area contributed by atoms with Crippen LogP contribution >= 0.6 is 0 Å². The van der Waals surface area contributed by atoms with E-state index in [1.54, 1.807) is 19.2 Å². The minimum absolute atomic E-state index is 0.327. The van der Waals surface area contributed by atoms with Gasteiger partial charge in [0.1, 0.15) is 5.75 Å². The van der Waals surface area contributed by atoms with Crippen molar-refractivity contribution < 1.29 is 19.1 Å². The molecule has 5 heteroatoms. The molecule has 0 saturated heterocycles. The van der Waals surface area contributed by atoms with Crippen LogP contribution in [-0.4, -0.2) is 31.0 Å². The number of esters is 1. The number of benzene rings is 2. The first-order chi connectivity index (χ1) is 15.6. The van der Waals surface area contributed by atoms with Crippen molar-refractivity contribution in [1.82, 2.24) is 4.57 Å². The van der Waals surface area contributed by atoms with Crippen LogP contribution in [0.4, 0.5) is 0 Å². The maximum atomic E-state index is 12.2. The first-order valence-corrected chi connectivity index (χ1v) is 10.9. The molecule has 1 heterocycles. The molecule has 3 aromatic rings. The zero-order chi connectivity index (χ0) is 22.7. The van der Waals surface area contributed by atoms with Crippen molar-refractivity contribution >= 4 is 23.2 Å². The summed E-state index contributed by atoms with van der Waals surface area (Å²) in [5.41, 5.74) is 4.90. The predicted octanol–water partition coefficient (Wildman–Crippen LogP) is 5.60. The molecule has 5 nitrogen and oxygen atoms in total. The van der Waals surface area contributed by atoms with E-state index in [2.05, 4.69) is 10.5 Å². The second-order valence-corrected chi connectivity index (χ2v) is 8.18. The molecule has 1 saturated carbocycles. The van der Waals surface area contributed by atoms with Crippen LogP contribution in [0.1, 0.15) is 64.3 Å².